The van der Waals surface area contributed by atoms with Gasteiger partial charge in [0.15, 0.2) is 0 Å². The first-order valence-corrected chi connectivity index (χ1v) is 7.05. The quantitative estimate of drug-likeness (QED) is 0.864. The molecule has 6 nitrogen and oxygen atoms in total. The van der Waals surface area contributed by atoms with Crippen LogP contribution in [0.15, 0.2) is 0 Å². The van der Waals surface area contributed by atoms with Gasteiger partial charge in [0.1, 0.15) is 4.88 Å². The number of aliphatic hydroxyl groups is 1. The standard InChI is InChI=1S/C12H19N3O3S/c1-12(2,3)10-9(19-14-13-10)11(17)15-4-5-18-7-8(15)6-16/h8,16H,4-7H2,1-3H3. The van der Waals surface area contributed by atoms with E-state index in [1.165, 1.54) is 0 Å². The molecule has 1 N–H and O–H groups in total. The van der Waals surface area contributed by atoms with Gasteiger partial charge in [-0.1, -0.05) is 25.3 Å². The molecule has 0 saturated carbocycles. The molecule has 0 aromatic carbocycles. The Hall–Kier alpha value is -1.05. The number of amides is 1. The summed E-state index contributed by atoms with van der Waals surface area (Å²) < 4.78 is 9.19. The molecule has 1 atom stereocenters. The maximum atomic E-state index is 12.6. The molecule has 106 valence electrons. The van der Waals surface area contributed by atoms with E-state index in [1.54, 1.807) is 4.90 Å². The van der Waals surface area contributed by atoms with Crippen LogP contribution in [0.2, 0.25) is 0 Å². The molecule has 1 aliphatic rings. The average molecular weight is 285 g/mol. The molecule has 0 bridgehead atoms. The summed E-state index contributed by atoms with van der Waals surface area (Å²) in [4.78, 5) is 14.8. The molecule has 1 aromatic rings. The van der Waals surface area contributed by atoms with Crippen molar-refractivity contribution in [3.8, 4) is 0 Å². The highest BCUT2D eigenvalue weighted by Gasteiger charge is 2.33. The van der Waals surface area contributed by atoms with Crippen LogP contribution in [0, 0.1) is 0 Å². The lowest BCUT2D eigenvalue weighted by molar-refractivity contribution is -0.0182. The number of ether oxygens (including phenoxy) is 1. The first-order chi connectivity index (χ1) is 8.95. The Kier molecular flexibility index (Phi) is 4.17. The van der Waals surface area contributed by atoms with Gasteiger partial charge in [0, 0.05) is 12.0 Å². The Morgan fingerprint density at radius 3 is 2.95 bits per heavy atom. The van der Waals surface area contributed by atoms with Crippen molar-refractivity contribution in [2.45, 2.75) is 32.2 Å². The molecule has 1 unspecified atom stereocenters. The Morgan fingerprint density at radius 2 is 2.32 bits per heavy atom. The van der Waals surface area contributed by atoms with E-state index in [-0.39, 0.29) is 24.0 Å². The molecule has 1 aromatic heterocycles. The largest absolute Gasteiger partial charge is 0.394 e. The smallest absolute Gasteiger partial charge is 0.268 e. The molecule has 0 spiro atoms. The van der Waals surface area contributed by atoms with E-state index >= 15 is 0 Å². The number of nitrogens with zero attached hydrogens (tertiary/aromatic N) is 3. The molecule has 19 heavy (non-hydrogen) atoms. The van der Waals surface area contributed by atoms with Crippen molar-refractivity contribution in [3.63, 3.8) is 0 Å². The van der Waals surface area contributed by atoms with Crippen LogP contribution >= 0.6 is 11.5 Å². The lowest BCUT2D eigenvalue weighted by Gasteiger charge is -2.34. The van der Waals surface area contributed by atoms with Crippen molar-refractivity contribution < 1.29 is 14.6 Å². The van der Waals surface area contributed by atoms with Crippen molar-refractivity contribution in [3.05, 3.63) is 10.6 Å². The zero-order valence-electron chi connectivity index (χ0n) is 11.4. The third-order valence-electron chi connectivity index (χ3n) is 3.09. The molecule has 1 fully saturated rings. The monoisotopic (exact) mass is 285 g/mol. The Labute approximate surface area is 116 Å². The average Bonchev–Trinajstić information content (AvgIpc) is 2.87. The molecular formula is C12H19N3O3S. The summed E-state index contributed by atoms with van der Waals surface area (Å²) in [7, 11) is 0. The lowest BCUT2D eigenvalue weighted by atomic mass is 9.91. The fraction of sp³-hybridized carbons (Fsp3) is 0.750. The predicted molar refractivity (Wildman–Crippen MR) is 71.3 cm³/mol. The minimum Gasteiger partial charge on any atom is -0.394 e. The minimum atomic E-state index is -0.281. The summed E-state index contributed by atoms with van der Waals surface area (Å²) in [5.41, 5.74) is 0.490. The van der Waals surface area contributed by atoms with Gasteiger partial charge in [-0.2, -0.15) is 0 Å². The van der Waals surface area contributed by atoms with E-state index in [1.807, 2.05) is 20.8 Å². The van der Waals surface area contributed by atoms with E-state index in [4.69, 9.17) is 4.74 Å². The van der Waals surface area contributed by atoms with Crippen LogP contribution in [0.5, 0.6) is 0 Å². The summed E-state index contributed by atoms with van der Waals surface area (Å²) in [6.45, 7) is 7.28. The summed E-state index contributed by atoms with van der Waals surface area (Å²) >= 11 is 1.12. The third-order valence-corrected chi connectivity index (χ3v) is 3.81. The SMILES string of the molecule is CC(C)(C)c1nnsc1C(=O)N1CCOCC1CO. The molecule has 2 rings (SSSR count). The molecule has 2 heterocycles. The summed E-state index contributed by atoms with van der Waals surface area (Å²) in [6, 6.07) is -0.281. The first-order valence-electron chi connectivity index (χ1n) is 6.27. The topological polar surface area (TPSA) is 75.6 Å². The number of rotatable bonds is 2. The second-order valence-corrected chi connectivity index (χ2v) is 6.36. The Bertz CT molecular complexity index is 455. The lowest BCUT2D eigenvalue weighted by Crippen LogP contribution is -2.50. The van der Waals surface area contributed by atoms with E-state index in [9.17, 15) is 9.90 Å². The van der Waals surface area contributed by atoms with E-state index in [0.29, 0.717) is 30.3 Å². The number of morpholine rings is 1. The van der Waals surface area contributed by atoms with Gasteiger partial charge in [-0.15, -0.1) is 5.10 Å². The van der Waals surface area contributed by atoms with Crippen LogP contribution in [0.25, 0.3) is 0 Å². The van der Waals surface area contributed by atoms with Gasteiger partial charge in [0.2, 0.25) is 0 Å². The van der Waals surface area contributed by atoms with Gasteiger partial charge in [0.05, 0.1) is 31.6 Å². The minimum absolute atomic E-state index is 0.0944. The maximum absolute atomic E-state index is 12.6. The van der Waals surface area contributed by atoms with E-state index in [0.717, 1.165) is 11.5 Å². The van der Waals surface area contributed by atoms with Gasteiger partial charge in [-0.05, 0) is 11.5 Å². The van der Waals surface area contributed by atoms with Gasteiger partial charge in [-0.3, -0.25) is 4.79 Å². The zero-order chi connectivity index (χ0) is 14.0. The van der Waals surface area contributed by atoms with Crippen LogP contribution in [0.4, 0.5) is 0 Å². The van der Waals surface area contributed by atoms with Gasteiger partial charge >= 0.3 is 0 Å². The van der Waals surface area contributed by atoms with Gasteiger partial charge < -0.3 is 14.7 Å². The molecule has 0 aliphatic carbocycles. The molecular weight excluding hydrogens is 266 g/mol. The Morgan fingerprint density at radius 1 is 1.58 bits per heavy atom. The van der Waals surface area contributed by atoms with Gasteiger partial charge in [0.25, 0.3) is 5.91 Å². The first kappa shape index (κ1) is 14.4. The van der Waals surface area contributed by atoms with Crippen molar-refractivity contribution in [2.75, 3.05) is 26.4 Å². The van der Waals surface area contributed by atoms with Crippen LogP contribution in [0.3, 0.4) is 0 Å². The fourth-order valence-electron chi connectivity index (χ4n) is 2.03. The molecule has 1 aliphatic heterocycles. The second kappa shape index (κ2) is 5.52. The van der Waals surface area contributed by atoms with Crippen molar-refractivity contribution >= 4 is 17.4 Å². The van der Waals surface area contributed by atoms with Crippen LogP contribution in [-0.2, 0) is 10.2 Å². The number of aliphatic hydroxyl groups excluding tert-OH is 1. The third kappa shape index (κ3) is 2.93. The number of carbonyl (C=O) groups excluding carboxylic acids is 1. The molecule has 1 saturated heterocycles. The fourth-order valence-corrected chi connectivity index (χ4v) is 2.86. The highest BCUT2D eigenvalue weighted by atomic mass is 32.1. The highest BCUT2D eigenvalue weighted by Crippen LogP contribution is 2.27. The Balaban J connectivity index is 2.26. The summed E-state index contributed by atoms with van der Waals surface area (Å²) in [5, 5.41) is 13.4. The summed E-state index contributed by atoms with van der Waals surface area (Å²) in [6.07, 6.45) is 0. The van der Waals surface area contributed by atoms with Crippen molar-refractivity contribution in [2.24, 2.45) is 0 Å². The number of aromatic nitrogens is 2. The highest BCUT2D eigenvalue weighted by molar-refractivity contribution is 7.08. The number of hydrogen-bond acceptors (Lipinski definition) is 6. The maximum Gasteiger partial charge on any atom is 0.268 e. The van der Waals surface area contributed by atoms with Crippen LogP contribution < -0.4 is 0 Å². The van der Waals surface area contributed by atoms with E-state index in [2.05, 4.69) is 9.59 Å². The number of hydrogen-bond donors (Lipinski definition) is 1. The summed E-state index contributed by atoms with van der Waals surface area (Å²) in [5.74, 6) is -0.109. The second-order valence-electron chi connectivity index (χ2n) is 5.61. The normalized spacial score (nSPS) is 20.6. The molecule has 7 heteroatoms. The molecule has 0 radical (unpaired) electrons. The number of carbonyl (C=O) groups is 1. The molecule has 1 amide bonds. The zero-order valence-corrected chi connectivity index (χ0v) is 12.2. The van der Waals surface area contributed by atoms with Crippen LogP contribution in [0.1, 0.15) is 36.1 Å². The predicted octanol–water partition coefficient (Wildman–Crippen LogP) is 0.669. The van der Waals surface area contributed by atoms with Crippen molar-refractivity contribution in [1.82, 2.24) is 14.5 Å². The van der Waals surface area contributed by atoms with E-state index < -0.39 is 0 Å². The van der Waals surface area contributed by atoms with Crippen molar-refractivity contribution in [1.29, 1.82) is 0 Å². The van der Waals surface area contributed by atoms with Crippen LogP contribution in [-0.4, -0.2) is 57.9 Å². The van der Waals surface area contributed by atoms with Gasteiger partial charge in [-0.25, -0.2) is 0 Å².